The number of non-ortho nitro benzene ring substituents is 1. The molecule has 2 aromatic carbocycles. The second kappa shape index (κ2) is 7.75. The van der Waals surface area contributed by atoms with Crippen LogP contribution in [0.15, 0.2) is 48.5 Å². The van der Waals surface area contributed by atoms with Crippen molar-refractivity contribution in [2.45, 2.75) is 18.9 Å². The van der Waals surface area contributed by atoms with Gasteiger partial charge in [-0.05, 0) is 43.2 Å². The molecule has 2 N–H and O–H groups in total. The lowest BCUT2D eigenvalue weighted by atomic mass is 10.1. The van der Waals surface area contributed by atoms with E-state index in [-0.39, 0.29) is 17.5 Å². The highest BCUT2D eigenvalue weighted by Gasteiger charge is 2.23. The van der Waals surface area contributed by atoms with Crippen LogP contribution >= 0.6 is 0 Å². The fourth-order valence-corrected chi connectivity index (χ4v) is 2.62. The third-order valence-corrected chi connectivity index (χ3v) is 3.95. The van der Waals surface area contributed by atoms with Crippen molar-refractivity contribution in [2.24, 2.45) is 0 Å². The van der Waals surface area contributed by atoms with Crippen LogP contribution in [0.25, 0.3) is 0 Å². The molecule has 1 unspecified atom stereocenters. The molecule has 1 fully saturated rings. The van der Waals surface area contributed by atoms with Crippen LogP contribution < -0.4 is 10.6 Å². The molecular formula is C18H17N3O5. The number of ether oxygens (including phenoxy) is 1. The van der Waals surface area contributed by atoms with Crippen molar-refractivity contribution in [1.29, 1.82) is 0 Å². The summed E-state index contributed by atoms with van der Waals surface area (Å²) in [6.45, 7) is 0.579. The van der Waals surface area contributed by atoms with Crippen molar-refractivity contribution in [3.05, 3.63) is 64.2 Å². The summed E-state index contributed by atoms with van der Waals surface area (Å²) in [5.74, 6) is -0.609. The fraction of sp³-hybridized carbons (Fsp3) is 0.222. The van der Waals surface area contributed by atoms with E-state index in [0.717, 1.165) is 6.42 Å². The molecule has 1 atom stereocenters. The predicted molar refractivity (Wildman–Crippen MR) is 95.1 cm³/mol. The lowest BCUT2D eigenvalue weighted by molar-refractivity contribution is -0.384. The van der Waals surface area contributed by atoms with Gasteiger partial charge in [0.1, 0.15) is 6.10 Å². The molecule has 0 saturated carbocycles. The maximum atomic E-state index is 12.3. The minimum atomic E-state index is -0.508. The second-order valence-corrected chi connectivity index (χ2v) is 5.83. The molecule has 8 heteroatoms. The molecule has 2 aromatic rings. The van der Waals surface area contributed by atoms with Crippen molar-refractivity contribution in [3.8, 4) is 0 Å². The monoisotopic (exact) mass is 355 g/mol. The Labute approximate surface area is 149 Å². The summed E-state index contributed by atoms with van der Waals surface area (Å²) in [5.41, 5.74) is 1.24. The molecule has 2 amide bonds. The van der Waals surface area contributed by atoms with Crippen LogP contribution in [-0.4, -0.2) is 29.4 Å². The number of nitrogens with zero attached hydrogens (tertiary/aromatic N) is 1. The quantitative estimate of drug-likeness (QED) is 0.633. The molecule has 0 aliphatic carbocycles. The van der Waals surface area contributed by atoms with Crippen molar-refractivity contribution >= 4 is 28.9 Å². The minimum absolute atomic E-state index is 0.0539. The molecule has 0 aromatic heterocycles. The normalized spacial score (nSPS) is 16.1. The van der Waals surface area contributed by atoms with E-state index < -0.39 is 11.0 Å². The van der Waals surface area contributed by atoms with E-state index in [1.807, 2.05) is 0 Å². The van der Waals surface area contributed by atoms with Crippen LogP contribution in [0.5, 0.6) is 0 Å². The zero-order valence-electron chi connectivity index (χ0n) is 13.8. The van der Waals surface area contributed by atoms with Gasteiger partial charge < -0.3 is 15.4 Å². The summed E-state index contributed by atoms with van der Waals surface area (Å²) in [5, 5.41) is 16.1. The Hall–Kier alpha value is -3.26. The summed E-state index contributed by atoms with van der Waals surface area (Å²) >= 11 is 0. The van der Waals surface area contributed by atoms with Crippen molar-refractivity contribution in [1.82, 2.24) is 0 Å². The number of nitro benzene ring substituents is 1. The number of carbonyl (C=O) groups is 2. The average Bonchev–Trinajstić information content (AvgIpc) is 3.17. The Morgan fingerprint density at radius 2 is 1.85 bits per heavy atom. The van der Waals surface area contributed by atoms with Gasteiger partial charge in [0, 0.05) is 35.7 Å². The first-order valence-electron chi connectivity index (χ1n) is 8.11. The van der Waals surface area contributed by atoms with E-state index in [1.165, 1.54) is 24.3 Å². The van der Waals surface area contributed by atoms with E-state index in [9.17, 15) is 19.7 Å². The molecular weight excluding hydrogens is 338 g/mol. The summed E-state index contributed by atoms with van der Waals surface area (Å²) in [6, 6.07) is 12.1. The first-order chi connectivity index (χ1) is 12.5. The second-order valence-electron chi connectivity index (χ2n) is 5.83. The molecule has 1 heterocycles. The first-order valence-corrected chi connectivity index (χ1v) is 8.11. The summed E-state index contributed by atoms with van der Waals surface area (Å²) in [7, 11) is 0. The van der Waals surface area contributed by atoms with Gasteiger partial charge in [-0.1, -0.05) is 6.07 Å². The molecule has 0 bridgehead atoms. The smallest absolute Gasteiger partial charge is 0.269 e. The van der Waals surface area contributed by atoms with Gasteiger partial charge in [0.05, 0.1) is 4.92 Å². The Bertz CT molecular complexity index is 829. The van der Waals surface area contributed by atoms with Crippen molar-refractivity contribution in [3.63, 3.8) is 0 Å². The number of nitrogens with one attached hydrogen (secondary N) is 2. The first kappa shape index (κ1) is 17.6. The highest BCUT2D eigenvalue weighted by atomic mass is 16.6. The van der Waals surface area contributed by atoms with Crippen LogP contribution in [0, 0.1) is 10.1 Å². The molecule has 0 radical (unpaired) electrons. The lowest BCUT2D eigenvalue weighted by Crippen LogP contribution is -2.27. The van der Waals surface area contributed by atoms with Gasteiger partial charge in [0.2, 0.25) is 0 Å². The predicted octanol–water partition coefficient (Wildman–Crippen LogP) is 2.96. The Kier molecular flexibility index (Phi) is 5.23. The Morgan fingerprint density at radius 1 is 1.08 bits per heavy atom. The topological polar surface area (TPSA) is 111 Å². The molecule has 0 spiro atoms. The summed E-state index contributed by atoms with van der Waals surface area (Å²) < 4.78 is 5.33. The van der Waals surface area contributed by atoms with E-state index >= 15 is 0 Å². The Morgan fingerprint density at radius 3 is 2.50 bits per heavy atom. The third-order valence-electron chi connectivity index (χ3n) is 3.95. The van der Waals surface area contributed by atoms with E-state index in [0.29, 0.717) is 30.0 Å². The SMILES string of the molecule is O=C(Nc1ccc([N+](=O)[O-])cc1)c1cccc(NC(=O)C2CCCO2)c1. The number of amides is 2. The van der Waals surface area contributed by atoms with Gasteiger partial charge >= 0.3 is 0 Å². The Balaban J connectivity index is 1.65. The number of hydrogen-bond acceptors (Lipinski definition) is 5. The molecule has 1 aliphatic heterocycles. The zero-order valence-corrected chi connectivity index (χ0v) is 13.8. The third kappa shape index (κ3) is 4.22. The van der Waals surface area contributed by atoms with Gasteiger partial charge in [0.15, 0.2) is 0 Å². The number of hydrogen-bond donors (Lipinski definition) is 2. The molecule has 3 rings (SSSR count). The minimum Gasteiger partial charge on any atom is -0.368 e. The number of nitro groups is 1. The number of carbonyl (C=O) groups excluding carboxylic acids is 2. The highest BCUT2D eigenvalue weighted by Crippen LogP contribution is 2.19. The van der Waals surface area contributed by atoms with Crippen molar-refractivity contribution in [2.75, 3.05) is 17.2 Å². The van der Waals surface area contributed by atoms with E-state index in [1.54, 1.807) is 24.3 Å². The van der Waals surface area contributed by atoms with Crippen LogP contribution in [-0.2, 0) is 9.53 Å². The summed E-state index contributed by atoms with van der Waals surface area (Å²) in [6.07, 6.45) is 1.09. The lowest BCUT2D eigenvalue weighted by Gasteiger charge is -2.11. The van der Waals surface area contributed by atoms with E-state index in [4.69, 9.17) is 4.74 Å². The number of benzene rings is 2. The average molecular weight is 355 g/mol. The van der Waals surface area contributed by atoms with Crippen molar-refractivity contribution < 1.29 is 19.2 Å². The molecule has 1 aliphatic rings. The number of anilines is 2. The van der Waals surface area contributed by atoms with Crippen LogP contribution in [0.1, 0.15) is 23.2 Å². The maximum absolute atomic E-state index is 12.3. The molecule has 1 saturated heterocycles. The van der Waals surface area contributed by atoms with Crippen LogP contribution in [0.4, 0.5) is 17.1 Å². The number of rotatable bonds is 5. The van der Waals surface area contributed by atoms with Crippen LogP contribution in [0.2, 0.25) is 0 Å². The zero-order chi connectivity index (χ0) is 18.5. The molecule has 134 valence electrons. The van der Waals surface area contributed by atoms with Gasteiger partial charge in [-0.15, -0.1) is 0 Å². The fourth-order valence-electron chi connectivity index (χ4n) is 2.62. The molecule has 26 heavy (non-hydrogen) atoms. The van der Waals surface area contributed by atoms with Gasteiger partial charge in [0.25, 0.3) is 17.5 Å². The van der Waals surface area contributed by atoms with Gasteiger partial charge in [-0.3, -0.25) is 19.7 Å². The van der Waals surface area contributed by atoms with Gasteiger partial charge in [-0.25, -0.2) is 0 Å². The van der Waals surface area contributed by atoms with Crippen LogP contribution in [0.3, 0.4) is 0 Å². The molecule has 8 nitrogen and oxygen atoms in total. The highest BCUT2D eigenvalue weighted by molar-refractivity contribution is 6.05. The largest absolute Gasteiger partial charge is 0.368 e. The maximum Gasteiger partial charge on any atom is 0.269 e. The summed E-state index contributed by atoms with van der Waals surface area (Å²) in [4.78, 5) is 34.6. The van der Waals surface area contributed by atoms with Gasteiger partial charge in [-0.2, -0.15) is 0 Å². The standard InChI is InChI=1S/C18H17N3O5/c22-17(19-13-6-8-15(9-7-13)21(24)25)12-3-1-4-14(11-12)20-18(23)16-5-2-10-26-16/h1,3-4,6-9,11,16H,2,5,10H2,(H,19,22)(H,20,23). The van der Waals surface area contributed by atoms with E-state index in [2.05, 4.69) is 10.6 Å².